The Labute approximate surface area is 123 Å². The van der Waals surface area contributed by atoms with E-state index >= 15 is 0 Å². The lowest BCUT2D eigenvalue weighted by molar-refractivity contribution is 0.118. The summed E-state index contributed by atoms with van der Waals surface area (Å²) in [7, 11) is 2.31. The van der Waals surface area contributed by atoms with E-state index in [0.717, 1.165) is 12.0 Å². The van der Waals surface area contributed by atoms with Crippen LogP contribution in [0, 0.1) is 19.8 Å². The number of rotatable bonds is 4. The second-order valence-corrected chi connectivity index (χ2v) is 6.82. The number of hydrogen-bond acceptors (Lipinski definition) is 2. The summed E-state index contributed by atoms with van der Waals surface area (Å²) in [6.45, 7) is 6.97. The first kappa shape index (κ1) is 14.1. The smallest absolute Gasteiger partial charge is 0.0390 e. The molecule has 1 aliphatic heterocycles. The van der Waals surface area contributed by atoms with E-state index < -0.39 is 0 Å². The van der Waals surface area contributed by atoms with Gasteiger partial charge in [0.25, 0.3) is 0 Å². The Bertz CT molecular complexity index is 444. The zero-order chi connectivity index (χ0) is 14.1. The molecule has 1 aliphatic carbocycles. The van der Waals surface area contributed by atoms with Crippen LogP contribution in [-0.4, -0.2) is 31.1 Å². The van der Waals surface area contributed by atoms with E-state index in [1.165, 1.54) is 49.9 Å². The zero-order valence-electron chi connectivity index (χ0n) is 13.2. The molecule has 1 heterocycles. The van der Waals surface area contributed by atoms with Crippen molar-refractivity contribution >= 4 is 0 Å². The molecule has 2 fully saturated rings. The van der Waals surface area contributed by atoms with Crippen molar-refractivity contribution in [2.45, 2.75) is 51.6 Å². The molecule has 2 nitrogen and oxygen atoms in total. The molecule has 1 aromatic rings. The average molecular weight is 272 g/mol. The maximum Gasteiger partial charge on any atom is 0.0390 e. The zero-order valence-corrected chi connectivity index (χ0v) is 13.2. The van der Waals surface area contributed by atoms with Crippen LogP contribution in [-0.2, 0) is 0 Å². The van der Waals surface area contributed by atoms with Crippen LogP contribution in [0.5, 0.6) is 0 Å². The molecule has 1 aromatic carbocycles. The molecule has 0 aromatic heterocycles. The molecule has 0 amide bonds. The molecule has 1 saturated carbocycles. The summed E-state index contributed by atoms with van der Waals surface area (Å²) in [5, 5.41) is 3.76. The lowest BCUT2D eigenvalue weighted by Gasteiger charge is -2.41. The van der Waals surface area contributed by atoms with E-state index in [2.05, 4.69) is 49.3 Å². The highest BCUT2D eigenvalue weighted by molar-refractivity contribution is 5.37. The van der Waals surface area contributed by atoms with Crippen molar-refractivity contribution < 1.29 is 0 Å². The first-order chi connectivity index (χ1) is 9.66. The van der Waals surface area contributed by atoms with Gasteiger partial charge in [0.2, 0.25) is 0 Å². The molecular weight excluding hydrogens is 244 g/mol. The van der Waals surface area contributed by atoms with Gasteiger partial charge in [-0.2, -0.15) is 0 Å². The van der Waals surface area contributed by atoms with Gasteiger partial charge in [-0.15, -0.1) is 0 Å². The molecule has 0 bridgehead atoms. The Kier molecular flexibility index (Phi) is 4.13. The first-order valence-electron chi connectivity index (χ1n) is 8.16. The van der Waals surface area contributed by atoms with E-state index in [1.54, 1.807) is 5.56 Å². The first-order valence-corrected chi connectivity index (χ1v) is 8.16. The van der Waals surface area contributed by atoms with Crippen molar-refractivity contribution in [1.82, 2.24) is 10.2 Å². The third-order valence-corrected chi connectivity index (χ3v) is 5.09. The molecule has 2 unspecified atom stereocenters. The maximum atomic E-state index is 3.76. The molecule has 20 heavy (non-hydrogen) atoms. The maximum absolute atomic E-state index is 3.76. The van der Waals surface area contributed by atoms with Crippen LogP contribution in [0.15, 0.2) is 18.2 Å². The highest BCUT2D eigenvalue weighted by Gasteiger charge is 2.33. The van der Waals surface area contributed by atoms with Gasteiger partial charge in [0, 0.05) is 18.6 Å². The fourth-order valence-electron chi connectivity index (χ4n) is 3.83. The van der Waals surface area contributed by atoms with Gasteiger partial charge >= 0.3 is 0 Å². The Hall–Kier alpha value is -0.860. The minimum absolute atomic E-state index is 0.594. The van der Waals surface area contributed by atoms with Crippen LogP contribution in [0.25, 0.3) is 0 Å². The van der Waals surface area contributed by atoms with Crippen molar-refractivity contribution in [3.05, 3.63) is 34.9 Å². The fraction of sp³-hybridized carbons (Fsp3) is 0.667. The van der Waals surface area contributed by atoms with Crippen LogP contribution in [0.2, 0.25) is 0 Å². The second kappa shape index (κ2) is 5.87. The lowest BCUT2D eigenvalue weighted by Crippen LogP contribution is -2.41. The van der Waals surface area contributed by atoms with Gasteiger partial charge in [-0.3, -0.25) is 4.90 Å². The van der Waals surface area contributed by atoms with Gasteiger partial charge in [-0.25, -0.2) is 0 Å². The SMILES string of the molecule is Cc1cccc(C)c1C1C(CNC2CC2)CCCN1C. The predicted molar refractivity (Wildman–Crippen MR) is 85.0 cm³/mol. The van der Waals surface area contributed by atoms with Gasteiger partial charge in [0.1, 0.15) is 0 Å². The third kappa shape index (κ3) is 2.91. The summed E-state index contributed by atoms with van der Waals surface area (Å²) in [6.07, 6.45) is 5.48. The Morgan fingerprint density at radius 1 is 1.15 bits per heavy atom. The van der Waals surface area contributed by atoms with E-state index in [9.17, 15) is 0 Å². The Morgan fingerprint density at radius 2 is 1.85 bits per heavy atom. The average Bonchev–Trinajstić information content (AvgIpc) is 3.22. The summed E-state index contributed by atoms with van der Waals surface area (Å²) in [5.74, 6) is 0.758. The molecular formula is C18H28N2. The topological polar surface area (TPSA) is 15.3 Å². The molecule has 1 saturated heterocycles. The molecule has 2 aliphatic rings. The predicted octanol–water partition coefficient (Wildman–Crippen LogP) is 3.44. The fourth-order valence-corrected chi connectivity index (χ4v) is 3.83. The summed E-state index contributed by atoms with van der Waals surface area (Å²) in [5.41, 5.74) is 4.50. The summed E-state index contributed by atoms with van der Waals surface area (Å²) < 4.78 is 0. The van der Waals surface area contributed by atoms with Crippen molar-refractivity contribution in [2.24, 2.45) is 5.92 Å². The number of benzene rings is 1. The number of piperidine rings is 1. The number of nitrogens with one attached hydrogen (secondary N) is 1. The van der Waals surface area contributed by atoms with Gasteiger partial charge in [0.05, 0.1) is 0 Å². The molecule has 2 atom stereocenters. The molecule has 2 heteroatoms. The van der Waals surface area contributed by atoms with Gasteiger partial charge in [-0.1, -0.05) is 18.2 Å². The molecule has 3 rings (SSSR count). The minimum Gasteiger partial charge on any atom is -0.314 e. The number of hydrogen-bond donors (Lipinski definition) is 1. The summed E-state index contributed by atoms with van der Waals surface area (Å²) in [4.78, 5) is 2.58. The van der Waals surface area contributed by atoms with E-state index in [1.807, 2.05) is 0 Å². The van der Waals surface area contributed by atoms with E-state index in [0.29, 0.717) is 6.04 Å². The van der Waals surface area contributed by atoms with Crippen molar-refractivity contribution in [2.75, 3.05) is 20.1 Å². The van der Waals surface area contributed by atoms with Gasteiger partial charge < -0.3 is 5.32 Å². The number of aryl methyl sites for hydroxylation is 2. The highest BCUT2D eigenvalue weighted by atomic mass is 15.1. The number of likely N-dealkylation sites (tertiary alicyclic amines) is 1. The largest absolute Gasteiger partial charge is 0.314 e. The molecule has 1 N–H and O–H groups in total. The Balaban J connectivity index is 1.84. The van der Waals surface area contributed by atoms with Crippen LogP contribution < -0.4 is 5.32 Å². The van der Waals surface area contributed by atoms with Crippen LogP contribution >= 0.6 is 0 Å². The quantitative estimate of drug-likeness (QED) is 0.903. The third-order valence-electron chi connectivity index (χ3n) is 5.09. The van der Waals surface area contributed by atoms with E-state index in [-0.39, 0.29) is 0 Å². The molecule has 0 radical (unpaired) electrons. The molecule has 110 valence electrons. The monoisotopic (exact) mass is 272 g/mol. The van der Waals surface area contributed by atoms with Gasteiger partial charge in [0.15, 0.2) is 0 Å². The molecule has 0 spiro atoms. The van der Waals surface area contributed by atoms with Crippen LogP contribution in [0.4, 0.5) is 0 Å². The van der Waals surface area contributed by atoms with Crippen molar-refractivity contribution in [3.8, 4) is 0 Å². The Morgan fingerprint density at radius 3 is 2.50 bits per heavy atom. The standard InChI is InChI=1S/C18H28N2/c1-13-6-4-7-14(2)17(13)18-15(8-5-11-20(18)3)12-19-16-9-10-16/h4,6-7,15-16,18-19H,5,8-12H2,1-3H3. The van der Waals surface area contributed by atoms with Crippen LogP contribution in [0.3, 0.4) is 0 Å². The van der Waals surface area contributed by atoms with Crippen molar-refractivity contribution in [1.29, 1.82) is 0 Å². The lowest BCUT2D eigenvalue weighted by atomic mass is 9.81. The van der Waals surface area contributed by atoms with Crippen molar-refractivity contribution in [3.63, 3.8) is 0 Å². The minimum atomic E-state index is 0.594. The summed E-state index contributed by atoms with van der Waals surface area (Å²) >= 11 is 0. The number of nitrogens with zero attached hydrogens (tertiary/aromatic N) is 1. The second-order valence-electron chi connectivity index (χ2n) is 6.82. The van der Waals surface area contributed by atoms with Crippen LogP contribution in [0.1, 0.15) is 48.4 Å². The summed E-state index contributed by atoms with van der Waals surface area (Å²) in [6, 6.07) is 8.15. The van der Waals surface area contributed by atoms with Gasteiger partial charge in [-0.05, 0) is 75.7 Å². The normalized spacial score (nSPS) is 27.8. The van der Waals surface area contributed by atoms with E-state index in [4.69, 9.17) is 0 Å². The highest BCUT2D eigenvalue weighted by Crippen LogP contribution is 2.38.